The fourth-order valence-corrected chi connectivity index (χ4v) is 1.98. The van der Waals surface area contributed by atoms with E-state index in [1.54, 1.807) is 0 Å². The number of para-hydroxylation sites is 1. The summed E-state index contributed by atoms with van der Waals surface area (Å²) in [6.07, 6.45) is 2.14. The summed E-state index contributed by atoms with van der Waals surface area (Å²) in [4.78, 5) is 0. The molecule has 3 nitrogen and oxygen atoms in total. The molecule has 0 aliphatic rings. The van der Waals surface area contributed by atoms with Gasteiger partial charge in [0.25, 0.3) is 0 Å². The Morgan fingerprint density at radius 2 is 2.20 bits per heavy atom. The first-order chi connectivity index (χ1) is 7.24. The number of fused-ring (bicyclic) bond motifs is 1. The van der Waals surface area contributed by atoms with Gasteiger partial charge < -0.3 is 15.6 Å². The maximum absolute atomic E-state index is 5.96. The fraction of sp³-hybridized carbons (Fsp3) is 0.333. The van der Waals surface area contributed by atoms with E-state index in [1.807, 2.05) is 19.2 Å². The minimum Gasteiger partial charge on any atom is -0.397 e. The summed E-state index contributed by atoms with van der Waals surface area (Å²) in [5.74, 6) is 0. The maximum Gasteiger partial charge on any atom is 0.0714 e. The van der Waals surface area contributed by atoms with Crippen molar-refractivity contribution in [2.24, 2.45) is 7.05 Å². The predicted molar refractivity (Wildman–Crippen MR) is 64.7 cm³/mol. The molecule has 0 spiro atoms. The number of nitrogens with one attached hydrogen (secondary N) is 1. The molecule has 1 aromatic heterocycles. The normalized spacial score (nSPS) is 11.1. The first-order valence-electron chi connectivity index (χ1n) is 5.27. The Labute approximate surface area is 89.9 Å². The molecule has 0 aliphatic carbocycles. The van der Waals surface area contributed by atoms with Gasteiger partial charge in [-0.1, -0.05) is 19.1 Å². The summed E-state index contributed by atoms with van der Waals surface area (Å²) in [5, 5.41) is 4.58. The van der Waals surface area contributed by atoms with Gasteiger partial charge in [-0.2, -0.15) is 0 Å². The standard InChI is InChI=1S/C12H17N3/c1-3-14-7-9-8-15(2)12-10(9)5-4-6-11(12)13/h4-6,8,14H,3,7,13H2,1-2H3. The van der Waals surface area contributed by atoms with Gasteiger partial charge in [0.15, 0.2) is 0 Å². The van der Waals surface area contributed by atoms with Gasteiger partial charge >= 0.3 is 0 Å². The molecule has 80 valence electrons. The third kappa shape index (κ3) is 1.70. The van der Waals surface area contributed by atoms with Crippen LogP contribution in [-0.2, 0) is 13.6 Å². The van der Waals surface area contributed by atoms with E-state index < -0.39 is 0 Å². The van der Waals surface area contributed by atoms with E-state index in [-0.39, 0.29) is 0 Å². The molecule has 0 radical (unpaired) electrons. The minimum atomic E-state index is 0.845. The first-order valence-corrected chi connectivity index (χ1v) is 5.27. The molecule has 2 aromatic rings. The van der Waals surface area contributed by atoms with Gasteiger partial charge in [-0.05, 0) is 18.2 Å². The Bertz CT molecular complexity index is 471. The van der Waals surface area contributed by atoms with Crippen molar-refractivity contribution in [3.63, 3.8) is 0 Å². The Morgan fingerprint density at radius 3 is 2.93 bits per heavy atom. The van der Waals surface area contributed by atoms with Gasteiger partial charge in [-0.3, -0.25) is 0 Å². The zero-order valence-corrected chi connectivity index (χ0v) is 9.25. The van der Waals surface area contributed by atoms with Gasteiger partial charge in [0.2, 0.25) is 0 Å². The molecule has 3 heteroatoms. The van der Waals surface area contributed by atoms with Gasteiger partial charge in [0.1, 0.15) is 0 Å². The Hall–Kier alpha value is -1.48. The van der Waals surface area contributed by atoms with Crippen molar-refractivity contribution >= 4 is 16.6 Å². The molecule has 0 unspecified atom stereocenters. The third-order valence-electron chi connectivity index (χ3n) is 2.68. The van der Waals surface area contributed by atoms with Crippen molar-refractivity contribution in [1.29, 1.82) is 0 Å². The van der Waals surface area contributed by atoms with Crippen LogP contribution in [0.3, 0.4) is 0 Å². The van der Waals surface area contributed by atoms with Crippen molar-refractivity contribution in [1.82, 2.24) is 9.88 Å². The summed E-state index contributed by atoms with van der Waals surface area (Å²) in [5.41, 5.74) is 9.24. The van der Waals surface area contributed by atoms with Crippen LogP contribution in [0.15, 0.2) is 24.4 Å². The molecule has 2 rings (SSSR count). The molecule has 0 amide bonds. The number of aromatic nitrogens is 1. The Kier molecular flexibility index (Phi) is 2.64. The number of nitrogen functional groups attached to an aromatic ring is 1. The van der Waals surface area contributed by atoms with Crippen LogP contribution in [0.1, 0.15) is 12.5 Å². The molecule has 15 heavy (non-hydrogen) atoms. The lowest BCUT2D eigenvalue weighted by Gasteiger charge is -2.01. The van der Waals surface area contributed by atoms with Crippen molar-refractivity contribution in [3.8, 4) is 0 Å². The summed E-state index contributed by atoms with van der Waals surface area (Å²) in [7, 11) is 2.04. The molecule has 0 atom stereocenters. The maximum atomic E-state index is 5.96. The molecule has 0 bridgehead atoms. The number of hydrogen-bond acceptors (Lipinski definition) is 2. The highest BCUT2D eigenvalue weighted by Crippen LogP contribution is 2.25. The van der Waals surface area contributed by atoms with E-state index in [0.29, 0.717) is 0 Å². The largest absolute Gasteiger partial charge is 0.397 e. The van der Waals surface area contributed by atoms with Gasteiger partial charge in [0, 0.05) is 25.2 Å². The smallest absolute Gasteiger partial charge is 0.0714 e. The first kappa shape index (κ1) is 10.1. The highest BCUT2D eigenvalue weighted by atomic mass is 14.9. The van der Waals surface area contributed by atoms with E-state index in [0.717, 1.165) is 24.3 Å². The Balaban J connectivity index is 2.53. The topological polar surface area (TPSA) is 43.0 Å². The van der Waals surface area contributed by atoms with Crippen molar-refractivity contribution in [2.45, 2.75) is 13.5 Å². The third-order valence-corrected chi connectivity index (χ3v) is 2.68. The van der Waals surface area contributed by atoms with Crippen LogP contribution in [0.2, 0.25) is 0 Å². The second-order valence-corrected chi connectivity index (χ2v) is 3.79. The summed E-state index contributed by atoms with van der Waals surface area (Å²) < 4.78 is 2.09. The van der Waals surface area contributed by atoms with E-state index in [4.69, 9.17) is 5.73 Å². The van der Waals surface area contributed by atoms with Crippen LogP contribution in [0, 0.1) is 0 Å². The zero-order valence-electron chi connectivity index (χ0n) is 9.25. The van der Waals surface area contributed by atoms with Gasteiger partial charge in [0.05, 0.1) is 11.2 Å². The number of benzene rings is 1. The average Bonchev–Trinajstić information content (AvgIpc) is 2.54. The van der Waals surface area contributed by atoms with E-state index in [2.05, 4.69) is 29.1 Å². The quantitative estimate of drug-likeness (QED) is 0.748. The monoisotopic (exact) mass is 203 g/mol. The summed E-state index contributed by atoms with van der Waals surface area (Å²) in [6.45, 7) is 4.00. The summed E-state index contributed by atoms with van der Waals surface area (Å²) >= 11 is 0. The van der Waals surface area contributed by atoms with E-state index in [9.17, 15) is 0 Å². The average molecular weight is 203 g/mol. The zero-order chi connectivity index (χ0) is 10.8. The number of hydrogen-bond donors (Lipinski definition) is 2. The predicted octanol–water partition coefficient (Wildman–Crippen LogP) is 1.87. The SMILES string of the molecule is CCNCc1cn(C)c2c(N)cccc12. The number of nitrogens with zero attached hydrogens (tertiary/aromatic N) is 1. The number of nitrogens with two attached hydrogens (primary N) is 1. The fourth-order valence-electron chi connectivity index (χ4n) is 1.98. The van der Waals surface area contributed by atoms with Crippen LogP contribution in [-0.4, -0.2) is 11.1 Å². The number of rotatable bonds is 3. The highest BCUT2D eigenvalue weighted by molar-refractivity contribution is 5.93. The molecule has 0 aliphatic heterocycles. The van der Waals surface area contributed by atoms with Crippen LogP contribution >= 0.6 is 0 Å². The van der Waals surface area contributed by atoms with Crippen molar-refractivity contribution < 1.29 is 0 Å². The van der Waals surface area contributed by atoms with Crippen LogP contribution in [0.5, 0.6) is 0 Å². The molecule has 1 heterocycles. The minimum absolute atomic E-state index is 0.845. The molecule has 3 N–H and O–H groups in total. The van der Waals surface area contributed by atoms with Gasteiger partial charge in [-0.15, -0.1) is 0 Å². The second kappa shape index (κ2) is 3.95. The lowest BCUT2D eigenvalue weighted by atomic mass is 10.1. The second-order valence-electron chi connectivity index (χ2n) is 3.79. The van der Waals surface area contributed by atoms with E-state index in [1.165, 1.54) is 10.9 Å². The summed E-state index contributed by atoms with van der Waals surface area (Å²) in [6, 6.07) is 6.07. The molecule has 1 aromatic carbocycles. The Morgan fingerprint density at radius 1 is 1.40 bits per heavy atom. The van der Waals surface area contributed by atoms with Crippen LogP contribution in [0.4, 0.5) is 5.69 Å². The lowest BCUT2D eigenvalue weighted by Crippen LogP contribution is -2.11. The van der Waals surface area contributed by atoms with Crippen molar-refractivity contribution in [3.05, 3.63) is 30.0 Å². The number of aryl methyl sites for hydroxylation is 1. The van der Waals surface area contributed by atoms with E-state index >= 15 is 0 Å². The van der Waals surface area contributed by atoms with Gasteiger partial charge in [-0.25, -0.2) is 0 Å². The lowest BCUT2D eigenvalue weighted by molar-refractivity contribution is 0.727. The van der Waals surface area contributed by atoms with Crippen LogP contribution in [0.25, 0.3) is 10.9 Å². The van der Waals surface area contributed by atoms with Crippen LogP contribution < -0.4 is 11.1 Å². The number of anilines is 1. The molecule has 0 fully saturated rings. The van der Waals surface area contributed by atoms with Crippen molar-refractivity contribution in [2.75, 3.05) is 12.3 Å². The highest BCUT2D eigenvalue weighted by Gasteiger charge is 2.07. The molecule has 0 saturated heterocycles. The molecule has 0 saturated carbocycles. The molecular formula is C12H17N3. The molecular weight excluding hydrogens is 186 g/mol.